The lowest BCUT2D eigenvalue weighted by Crippen LogP contribution is -2.15. The SMILES string of the molecule is Cn1cc(-n2cc(C(C)(C)O)nn2)cn1. The van der Waals surface area contributed by atoms with E-state index in [1.807, 2.05) is 13.2 Å². The minimum Gasteiger partial charge on any atom is -0.384 e. The van der Waals surface area contributed by atoms with E-state index in [2.05, 4.69) is 15.4 Å². The molecule has 0 aliphatic heterocycles. The monoisotopic (exact) mass is 207 g/mol. The predicted octanol–water partition coefficient (Wildman–Crippen LogP) is 0.228. The Kier molecular flexibility index (Phi) is 2.08. The van der Waals surface area contributed by atoms with Crippen molar-refractivity contribution in [2.45, 2.75) is 19.4 Å². The highest BCUT2D eigenvalue weighted by Gasteiger charge is 2.20. The first-order chi connectivity index (χ1) is 6.97. The van der Waals surface area contributed by atoms with Crippen molar-refractivity contribution in [1.29, 1.82) is 0 Å². The summed E-state index contributed by atoms with van der Waals surface area (Å²) in [5.74, 6) is 0. The van der Waals surface area contributed by atoms with Crippen LogP contribution in [0.25, 0.3) is 5.69 Å². The quantitative estimate of drug-likeness (QED) is 0.765. The second kappa shape index (κ2) is 3.16. The highest BCUT2D eigenvalue weighted by Crippen LogP contribution is 2.17. The third-order valence-electron chi connectivity index (χ3n) is 2.08. The highest BCUT2D eigenvalue weighted by molar-refractivity contribution is 5.24. The zero-order valence-electron chi connectivity index (χ0n) is 8.92. The van der Waals surface area contributed by atoms with Gasteiger partial charge in [-0.2, -0.15) is 5.10 Å². The first-order valence-electron chi connectivity index (χ1n) is 4.61. The second-order valence-corrected chi connectivity index (χ2v) is 3.98. The molecule has 2 aromatic rings. The number of aliphatic hydroxyl groups is 1. The van der Waals surface area contributed by atoms with Gasteiger partial charge in [-0.05, 0) is 13.8 Å². The van der Waals surface area contributed by atoms with E-state index in [4.69, 9.17) is 0 Å². The molecule has 2 rings (SSSR count). The van der Waals surface area contributed by atoms with Crippen LogP contribution in [-0.4, -0.2) is 29.9 Å². The summed E-state index contributed by atoms with van der Waals surface area (Å²) in [7, 11) is 1.83. The standard InChI is InChI=1S/C9H13N5O/c1-9(2,15)8-6-14(12-11-8)7-4-10-13(3)5-7/h4-6,15H,1-3H3. The molecule has 0 fully saturated rings. The molecule has 0 bridgehead atoms. The minimum absolute atomic E-state index is 0.534. The molecule has 0 radical (unpaired) electrons. The average Bonchev–Trinajstić information content (AvgIpc) is 2.69. The lowest BCUT2D eigenvalue weighted by Gasteiger charge is -2.11. The number of rotatable bonds is 2. The predicted molar refractivity (Wildman–Crippen MR) is 53.4 cm³/mol. The van der Waals surface area contributed by atoms with Gasteiger partial charge < -0.3 is 5.11 Å². The smallest absolute Gasteiger partial charge is 0.114 e. The molecule has 2 aromatic heterocycles. The Balaban J connectivity index is 2.36. The van der Waals surface area contributed by atoms with Crippen LogP contribution in [0.5, 0.6) is 0 Å². The van der Waals surface area contributed by atoms with Gasteiger partial charge in [0, 0.05) is 7.05 Å². The Morgan fingerprint density at radius 1 is 1.33 bits per heavy atom. The summed E-state index contributed by atoms with van der Waals surface area (Å²) in [6, 6.07) is 0. The van der Waals surface area contributed by atoms with E-state index in [-0.39, 0.29) is 0 Å². The van der Waals surface area contributed by atoms with Crippen LogP contribution >= 0.6 is 0 Å². The van der Waals surface area contributed by atoms with Gasteiger partial charge >= 0.3 is 0 Å². The molecule has 0 atom stereocenters. The van der Waals surface area contributed by atoms with Gasteiger partial charge in [-0.25, -0.2) is 4.68 Å². The second-order valence-electron chi connectivity index (χ2n) is 3.98. The van der Waals surface area contributed by atoms with E-state index in [1.165, 1.54) is 0 Å². The normalized spacial score (nSPS) is 12.0. The maximum atomic E-state index is 9.72. The van der Waals surface area contributed by atoms with Gasteiger partial charge in [-0.3, -0.25) is 4.68 Å². The molecule has 0 unspecified atom stereocenters. The van der Waals surface area contributed by atoms with Crippen LogP contribution in [0.4, 0.5) is 0 Å². The Morgan fingerprint density at radius 2 is 2.07 bits per heavy atom. The molecule has 1 N–H and O–H groups in total. The molecule has 6 nitrogen and oxygen atoms in total. The van der Waals surface area contributed by atoms with E-state index < -0.39 is 5.60 Å². The third-order valence-corrected chi connectivity index (χ3v) is 2.08. The van der Waals surface area contributed by atoms with Gasteiger partial charge in [0.15, 0.2) is 0 Å². The first kappa shape index (κ1) is 9.85. The summed E-state index contributed by atoms with van der Waals surface area (Å²) in [5.41, 5.74) is 0.382. The molecule has 0 spiro atoms. The molecule has 6 heteroatoms. The molecule has 0 amide bonds. The van der Waals surface area contributed by atoms with Crippen molar-refractivity contribution in [2.75, 3.05) is 0 Å². The van der Waals surface area contributed by atoms with Crippen molar-refractivity contribution in [3.8, 4) is 5.69 Å². The zero-order valence-corrected chi connectivity index (χ0v) is 8.92. The van der Waals surface area contributed by atoms with Gasteiger partial charge in [0.1, 0.15) is 17.0 Å². The summed E-state index contributed by atoms with van der Waals surface area (Å²) in [6.45, 7) is 3.34. The molecular weight excluding hydrogens is 194 g/mol. The summed E-state index contributed by atoms with van der Waals surface area (Å²) < 4.78 is 3.26. The van der Waals surface area contributed by atoms with Crippen LogP contribution in [0, 0.1) is 0 Å². The lowest BCUT2D eigenvalue weighted by molar-refractivity contribution is 0.0737. The Bertz CT molecular complexity index is 465. The number of nitrogens with zero attached hydrogens (tertiary/aromatic N) is 5. The fourth-order valence-electron chi connectivity index (χ4n) is 1.20. The van der Waals surface area contributed by atoms with E-state index in [0.717, 1.165) is 5.69 Å². The maximum absolute atomic E-state index is 9.72. The average molecular weight is 207 g/mol. The maximum Gasteiger partial charge on any atom is 0.114 e. The molecule has 0 aromatic carbocycles. The van der Waals surface area contributed by atoms with Gasteiger partial charge in [0.2, 0.25) is 0 Å². The fourth-order valence-corrected chi connectivity index (χ4v) is 1.20. The lowest BCUT2D eigenvalue weighted by atomic mass is 10.1. The van der Waals surface area contributed by atoms with Crippen molar-refractivity contribution in [3.05, 3.63) is 24.3 Å². The van der Waals surface area contributed by atoms with Crippen LogP contribution in [0.3, 0.4) is 0 Å². The van der Waals surface area contributed by atoms with Crippen LogP contribution < -0.4 is 0 Å². The summed E-state index contributed by atoms with van der Waals surface area (Å²) >= 11 is 0. The van der Waals surface area contributed by atoms with Crippen molar-refractivity contribution in [3.63, 3.8) is 0 Å². The molecule has 80 valence electrons. The van der Waals surface area contributed by atoms with Gasteiger partial charge in [-0.15, -0.1) is 5.10 Å². The molecular formula is C9H13N5O. The Labute approximate surface area is 87.1 Å². The zero-order chi connectivity index (χ0) is 11.1. The summed E-state index contributed by atoms with van der Waals surface area (Å²) in [4.78, 5) is 0. The van der Waals surface area contributed by atoms with Crippen LogP contribution in [0.2, 0.25) is 0 Å². The molecule has 15 heavy (non-hydrogen) atoms. The first-order valence-corrected chi connectivity index (χ1v) is 4.61. The highest BCUT2D eigenvalue weighted by atomic mass is 16.3. The van der Waals surface area contributed by atoms with Crippen LogP contribution in [0.15, 0.2) is 18.6 Å². The number of hydrogen-bond acceptors (Lipinski definition) is 4. The molecule has 0 saturated carbocycles. The number of aromatic nitrogens is 5. The molecule has 0 aliphatic carbocycles. The van der Waals surface area contributed by atoms with Gasteiger partial charge in [0.05, 0.1) is 18.6 Å². The Morgan fingerprint density at radius 3 is 2.53 bits per heavy atom. The molecule has 0 saturated heterocycles. The van der Waals surface area contributed by atoms with Crippen molar-refractivity contribution in [1.82, 2.24) is 24.8 Å². The third kappa shape index (κ3) is 1.89. The van der Waals surface area contributed by atoms with Gasteiger partial charge in [-0.1, -0.05) is 5.21 Å². The van der Waals surface area contributed by atoms with Crippen LogP contribution in [-0.2, 0) is 12.6 Å². The largest absolute Gasteiger partial charge is 0.384 e. The van der Waals surface area contributed by atoms with Crippen molar-refractivity contribution in [2.24, 2.45) is 7.05 Å². The number of hydrogen-bond donors (Lipinski definition) is 1. The molecule has 2 heterocycles. The Hall–Kier alpha value is -1.69. The molecule has 0 aliphatic rings. The van der Waals surface area contributed by atoms with Crippen LogP contribution in [0.1, 0.15) is 19.5 Å². The number of aryl methyl sites for hydroxylation is 1. The van der Waals surface area contributed by atoms with Crippen molar-refractivity contribution >= 4 is 0 Å². The van der Waals surface area contributed by atoms with Gasteiger partial charge in [0.25, 0.3) is 0 Å². The van der Waals surface area contributed by atoms with E-state index in [1.54, 1.807) is 35.6 Å². The topological polar surface area (TPSA) is 68.8 Å². The van der Waals surface area contributed by atoms with E-state index >= 15 is 0 Å². The van der Waals surface area contributed by atoms with Crippen molar-refractivity contribution < 1.29 is 5.11 Å². The fraction of sp³-hybridized carbons (Fsp3) is 0.444. The summed E-state index contributed by atoms with van der Waals surface area (Å²) in [5, 5.41) is 21.6. The minimum atomic E-state index is -0.972. The van der Waals surface area contributed by atoms with E-state index in [9.17, 15) is 5.11 Å². The summed E-state index contributed by atoms with van der Waals surface area (Å²) in [6.07, 6.45) is 5.20. The van der Waals surface area contributed by atoms with E-state index in [0.29, 0.717) is 5.69 Å².